The highest BCUT2D eigenvalue weighted by molar-refractivity contribution is 7.91. The van der Waals surface area contributed by atoms with Crippen LogP contribution in [0.3, 0.4) is 0 Å². The molecule has 0 saturated heterocycles. The van der Waals surface area contributed by atoms with E-state index in [1.165, 1.54) is 5.32 Å². The number of hydrogen-bond acceptors (Lipinski definition) is 6. The number of nitrogens with zero attached hydrogens (tertiary/aromatic N) is 2. The number of rotatable bonds is 8. The Morgan fingerprint density at radius 2 is 1.58 bits per heavy atom. The van der Waals surface area contributed by atoms with Gasteiger partial charge in [-0.3, -0.25) is 4.98 Å². The number of pyridine rings is 2. The number of alkyl halides is 11. The number of sulfone groups is 1. The van der Waals surface area contributed by atoms with Crippen molar-refractivity contribution < 1.29 is 61.4 Å². The number of halogens is 11. The summed E-state index contributed by atoms with van der Waals surface area (Å²) >= 11 is 0. The molecule has 0 aliphatic rings. The summed E-state index contributed by atoms with van der Waals surface area (Å²) in [5, 5.41) is 1.44. The van der Waals surface area contributed by atoms with E-state index in [0.29, 0.717) is 6.20 Å². The smallest absolute Gasteiger partial charge is 0.456 e. The fourth-order valence-corrected chi connectivity index (χ4v) is 3.52. The molecule has 202 valence electrons. The van der Waals surface area contributed by atoms with Gasteiger partial charge in [0.2, 0.25) is 0 Å². The molecule has 0 aliphatic carbocycles. The quantitative estimate of drug-likeness (QED) is 0.429. The Kier molecular flexibility index (Phi) is 8.02. The van der Waals surface area contributed by atoms with Gasteiger partial charge >= 0.3 is 24.5 Å². The second-order valence-corrected chi connectivity index (χ2v) is 9.22. The molecular formula is C18H14F11N3O3S. The van der Waals surface area contributed by atoms with Crippen molar-refractivity contribution in [1.29, 1.82) is 0 Å². The van der Waals surface area contributed by atoms with E-state index in [0.717, 1.165) is 19.1 Å². The van der Waals surface area contributed by atoms with Crippen molar-refractivity contribution in [2.45, 2.75) is 36.3 Å². The third-order valence-corrected chi connectivity index (χ3v) is 6.02. The SMILES string of the molecule is CCS(=O)(=O)c1cc(C(F)(F)F)c(NCC(F)(F)F)nc1-c1ccc(OCC(F)(F)C(F)(F)F)cn1. The molecule has 2 aromatic heterocycles. The molecule has 2 heterocycles. The number of anilines is 1. The molecule has 0 radical (unpaired) electrons. The first-order valence-corrected chi connectivity index (χ1v) is 11.0. The summed E-state index contributed by atoms with van der Waals surface area (Å²) in [4.78, 5) is 5.89. The fraction of sp³-hybridized carbons (Fsp3) is 0.444. The third-order valence-electron chi connectivity index (χ3n) is 4.28. The standard InChI is InChI=1S/C18H14F11N3O3S/c1-2-36(33,34)12-5-10(17(24,25)26)14(31-7-16(21,22)23)32-13(12)11-4-3-9(6-30-11)35-8-15(19,20)18(27,28)29/h3-6H,2,7-8H2,1H3,(H,31,32). The first-order valence-electron chi connectivity index (χ1n) is 9.37. The van der Waals surface area contributed by atoms with Crippen molar-refractivity contribution >= 4 is 15.7 Å². The van der Waals surface area contributed by atoms with Gasteiger partial charge in [0.25, 0.3) is 0 Å². The van der Waals surface area contributed by atoms with Gasteiger partial charge in [0.15, 0.2) is 16.4 Å². The molecule has 36 heavy (non-hydrogen) atoms. The monoisotopic (exact) mass is 561 g/mol. The highest BCUT2D eigenvalue weighted by Gasteiger charge is 2.58. The summed E-state index contributed by atoms with van der Waals surface area (Å²) in [6.45, 7) is -3.04. The Bertz CT molecular complexity index is 1180. The molecule has 2 aromatic rings. The zero-order valence-corrected chi connectivity index (χ0v) is 18.4. The van der Waals surface area contributed by atoms with Crippen LogP contribution in [0.2, 0.25) is 0 Å². The van der Waals surface area contributed by atoms with Crippen molar-refractivity contribution in [2.24, 2.45) is 0 Å². The number of aromatic nitrogens is 2. The Morgan fingerprint density at radius 1 is 0.972 bits per heavy atom. The predicted molar refractivity (Wildman–Crippen MR) is 101 cm³/mol. The van der Waals surface area contributed by atoms with Gasteiger partial charge in [0.05, 0.1) is 28.1 Å². The van der Waals surface area contributed by atoms with Gasteiger partial charge in [-0.25, -0.2) is 13.4 Å². The molecule has 0 fully saturated rings. The van der Waals surface area contributed by atoms with Gasteiger partial charge in [-0.2, -0.15) is 48.3 Å². The van der Waals surface area contributed by atoms with Crippen molar-refractivity contribution in [1.82, 2.24) is 9.97 Å². The lowest BCUT2D eigenvalue weighted by Gasteiger charge is -2.20. The maximum absolute atomic E-state index is 13.5. The predicted octanol–water partition coefficient (Wildman–Crippen LogP) is 5.51. The summed E-state index contributed by atoms with van der Waals surface area (Å²) in [6.07, 6.45) is -15.7. The summed E-state index contributed by atoms with van der Waals surface area (Å²) in [7, 11) is -4.48. The minimum atomic E-state index is -5.92. The van der Waals surface area contributed by atoms with Crippen LogP contribution in [0.25, 0.3) is 11.4 Å². The van der Waals surface area contributed by atoms with E-state index >= 15 is 0 Å². The fourth-order valence-electron chi connectivity index (χ4n) is 2.47. The minimum absolute atomic E-state index is 0.0653. The summed E-state index contributed by atoms with van der Waals surface area (Å²) in [5.74, 6) is -8.02. The molecule has 2 rings (SSSR count). The van der Waals surface area contributed by atoms with E-state index in [-0.39, 0.29) is 6.07 Å². The molecule has 0 spiro atoms. The first kappa shape index (κ1) is 29.3. The van der Waals surface area contributed by atoms with Crippen LogP contribution < -0.4 is 10.1 Å². The summed E-state index contributed by atoms with van der Waals surface area (Å²) in [5.41, 5.74) is -3.21. The first-order chi connectivity index (χ1) is 16.2. The van der Waals surface area contributed by atoms with E-state index < -0.39 is 86.6 Å². The maximum Gasteiger partial charge on any atom is 0.456 e. The number of nitrogens with one attached hydrogen (secondary N) is 1. The van der Waals surface area contributed by atoms with Crippen molar-refractivity contribution in [3.8, 4) is 17.1 Å². The lowest BCUT2D eigenvalue weighted by atomic mass is 10.1. The van der Waals surface area contributed by atoms with Crippen LogP contribution in [0.5, 0.6) is 5.75 Å². The lowest BCUT2D eigenvalue weighted by molar-refractivity contribution is -0.290. The van der Waals surface area contributed by atoms with Crippen LogP contribution in [0.1, 0.15) is 12.5 Å². The van der Waals surface area contributed by atoms with E-state index in [1.54, 1.807) is 0 Å². The van der Waals surface area contributed by atoms with Crippen molar-refractivity contribution in [3.63, 3.8) is 0 Å². The molecule has 18 heteroatoms. The molecule has 0 amide bonds. The van der Waals surface area contributed by atoms with Gasteiger partial charge in [0.1, 0.15) is 23.8 Å². The van der Waals surface area contributed by atoms with Crippen LogP contribution in [-0.2, 0) is 16.0 Å². The van der Waals surface area contributed by atoms with Crippen LogP contribution in [0.4, 0.5) is 54.1 Å². The minimum Gasteiger partial charge on any atom is -0.485 e. The Hall–Kier alpha value is -2.92. The second kappa shape index (κ2) is 9.85. The highest BCUT2D eigenvalue weighted by atomic mass is 32.2. The molecular weight excluding hydrogens is 547 g/mol. The molecule has 6 nitrogen and oxygen atoms in total. The second-order valence-electron chi connectivity index (χ2n) is 6.97. The third kappa shape index (κ3) is 7.07. The van der Waals surface area contributed by atoms with Crippen LogP contribution in [0.15, 0.2) is 29.3 Å². The largest absolute Gasteiger partial charge is 0.485 e. The Labute approximate surface area is 195 Å². The van der Waals surface area contributed by atoms with Crippen molar-refractivity contribution in [2.75, 3.05) is 24.2 Å². The van der Waals surface area contributed by atoms with Crippen LogP contribution in [-0.4, -0.2) is 55.6 Å². The Morgan fingerprint density at radius 3 is 2.03 bits per heavy atom. The molecule has 1 N–H and O–H groups in total. The highest BCUT2D eigenvalue weighted by Crippen LogP contribution is 2.39. The van der Waals surface area contributed by atoms with Crippen LogP contribution in [0, 0.1) is 0 Å². The maximum atomic E-state index is 13.5. The molecule has 0 unspecified atom stereocenters. The van der Waals surface area contributed by atoms with Gasteiger partial charge in [-0.05, 0) is 18.2 Å². The zero-order chi connectivity index (χ0) is 27.7. The Balaban J connectivity index is 2.58. The van der Waals surface area contributed by atoms with E-state index in [1.807, 2.05) is 0 Å². The van der Waals surface area contributed by atoms with Gasteiger partial charge in [-0.15, -0.1) is 0 Å². The van der Waals surface area contributed by atoms with Gasteiger partial charge < -0.3 is 10.1 Å². The van der Waals surface area contributed by atoms with Crippen LogP contribution >= 0.6 is 0 Å². The summed E-state index contributed by atoms with van der Waals surface area (Å²) < 4.78 is 170. The number of ether oxygens (including phenoxy) is 1. The molecule has 0 saturated carbocycles. The molecule has 0 aromatic carbocycles. The van der Waals surface area contributed by atoms with E-state index in [4.69, 9.17) is 0 Å². The topological polar surface area (TPSA) is 81.2 Å². The van der Waals surface area contributed by atoms with E-state index in [2.05, 4.69) is 14.7 Å². The van der Waals surface area contributed by atoms with Gasteiger partial charge in [-0.1, -0.05) is 6.92 Å². The normalized spacial score (nSPS) is 13.6. The summed E-state index contributed by atoms with van der Waals surface area (Å²) in [6, 6.07) is 1.56. The average Bonchev–Trinajstić information content (AvgIpc) is 2.74. The van der Waals surface area contributed by atoms with E-state index in [9.17, 15) is 56.7 Å². The molecule has 0 bridgehead atoms. The molecule has 0 atom stereocenters. The van der Waals surface area contributed by atoms with Gasteiger partial charge in [0, 0.05) is 0 Å². The molecule has 0 aliphatic heterocycles. The number of hydrogen-bond donors (Lipinski definition) is 1. The lowest BCUT2D eigenvalue weighted by Crippen LogP contribution is -2.41. The van der Waals surface area contributed by atoms with Crippen molar-refractivity contribution in [3.05, 3.63) is 30.0 Å². The zero-order valence-electron chi connectivity index (χ0n) is 17.6. The average molecular weight is 561 g/mol.